The first-order valence-corrected chi connectivity index (χ1v) is 5.41. The Morgan fingerprint density at radius 3 is 2.64 bits per heavy atom. The van der Waals surface area contributed by atoms with E-state index >= 15 is 0 Å². The van der Waals surface area contributed by atoms with E-state index in [-0.39, 0.29) is 0 Å². The average Bonchev–Trinajstić information content (AvgIpc) is 2.16. The van der Waals surface area contributed by atoms with E-state index < -0.39 is 12.0 Å². The maximum Gasteiger partial charge on any atom is 0.325 e. The van der Waals surface area contributed by atoms with Crippen LogP contribution in [0.1, 0.15) is 17.2 Å². The van der Waals surface area contributed by atoms with Crippen molar-refractivity contribution < 1.29 is 9.90 Å². The van der Waals surface area contributed by atoms with Gasteiger partial charge in [-0.2, -0.15) is 0 Å². The van der Waals surface area contributed by atoms with Gasteiger partial charge in [0.05, 0.1) is 0 Å². The monoisotopic (exact) mass is 211 g/mol. The van der Waals surface area contributed by atoms with Gasteiger partial charge in [0.2, 0.25) is 0 Å². The van der Waals surface area contributed by atoms with Gasteiger partial charge in [0, 0.05) is 4.90 Å². The second-order valence-corrected chi connectivity index (χ2v) is 3.92. The third kappa shape index (κ3) is 2.27. The molecule has 0 spiro atoms. The molecule has 0 aromatic heterocycles. The summed E-state index contributed by atoms with van der Waals surface area (Å²) in [7, 11) is 0. The molecule has 1 atom stereocenters. The molecule has 0 saturated carbocycles. The maximum absolute atomic E-state index is 10.7. The molecule has 76 valence electrons. The number of carbonyl (C=O) groups is 1. The molecule has 0 aliphatic heterocycles. The van der Waals surface area contributed by atoms with Crippen molar-refractivity contribution in [2.45, 2.75) is 17.9 Å². The lowest BCUT2D eigenvalue weighted by atomic mass is 10.0. The molecule has 1 aromatic carbocycles. The minimum Gasteiger partial charge on any atom is -0.480 e. The molecule has 0 saturated heterocycles. The van der Waals surface area contributed by atoms with Gasteiger partial charge in [-0.15, -0.1) is 11.8 Å². The van der Waals surface area contributed by atoms with Crippen molar-refractivity contribution in [3.8, 4) is 0 Å². The molecule has 3 nitrogen and oxygen atoms in total. The Labute approximate surface area is 87.3 Å². The molecule has 0 amide bonds. The summed E-state index contributed by atoms with van der Waals surface area (Å²) in [5.41, 5.74) is 7.12. The lowest BCUT2D eigenvalue weighted by molar-refractivity contribution is -0.138. The summed E-state index contributed by atoms with van der Waals surface area (Å²) in [4.78, 5) is 11.8. The van der Waals surface area contributed by atoms with Gasteiger partial charge in [-0.3, -0.25) is 4.79 Å². The van der Waals surface area contributed by atoms with Crippen molar-refractivity contribution in [1.29, 1.82) is 0 Å². The van der Waals surface area contributed by atoms with Crippen molar-refractivity contribution in [3.05, 3.63) is 29.3 Å². The molecule has 3 N–H and O–H groups in total. The smallest absolute Gasteiger partial charge is 0.325 e. The van der Waals surface area contributed by atoms with Crippen LogP contribution in [-0.4, -0.2) is 17.3 Å². The molecule has 0 radical (unpaired) electrons. The molecule has 0 aliphatic rings. The zero-order valence-electron chi connectivity index (χ0n) is 8.15. The van der Waals surface area contributed by atoms with E-state index in [2.05, 4.69) is 0 Å². The number of hydrogen-bond donors (Lipinski definition) is 2. The number of hydrogen-bond acceptors (Lipinski definition) is 3. The van der Waals surface area contributed by atoms with Crippen LogP contribution in [-0.2, 0) is 4.79 Å². The largest absolute Gasteiger partial charge is 0.480 e. The summed E-state index contributed by atoms with van der Waals surface area (Å²) in [6.07, 6.45) is 1.98. The van der Waals surface area contributed by atoms with E-state index in [4.69, 9.17) is 10.8 Å². The predicted octanol–water partition coefficient (Wildman–Crippen LogP) is 1.80. The fourth-order valence-electron chi connectivity index (χ4n) is 1.26. The molecule has 1 aromatic rings. The summed E-state index contributed by atoms with van der Waals surface area (Å²) in [6.45, 7) is 1.87. The van der Waals surface area contributed by atoms with Crippen molar-refractivity contribution >= 4 is 17.7 Å². The molecule has 4 heteroatoms. The average molecular weight is 211 g/mol. The summed E-state index contributed by atoms with van der Waals surface area (Å²) >= 11 is 1.62. The number of aliphatic carboxylic acids is 1. The second-order valence-electron chi connectivity index (χ2n) is 3.04. The molecule has 0 aliphatic carbocycles. The number of carboxylic acid groups (broad SMARTS) is 1. The van der Waals surface area contributed by atoms with Crippen LogP contribution >= 0.6 is 11.8 Å². The molecule has 0 fully saturated rings. The summed E-state index contributed by atoms with van der Waals surface area (Å²) in [6, 6.07) is 4.68. The highest BCUT2D eigenvalue weighted by molar-refractivity contribution is 7.98. The molecular weight excluding hydrogens is 198 g/mol. The first kappa shape index (κ1) is 11.1. The topological polar surface area (TPSA) is 63.3 Å². The fourth-order valence-corrected chi connectivity index (χ4v) is 1.76. The third-order valence-corrected chi connectivity index (χ3v) is 2.80. The molecule has 0 heterocycles. The Morgan fingerprint density at radius 1 is 1.57 bits per heavy atom. The Morgan fingerprint density at radius 2 is 2.21 bits per heavy atom. The Hall–Kier alpha value is -1.00. The SMILES string of the molecule is CSc1ccc(C(N)C(=O)O)c(C)c1. The van der Waals surface area contributed by atoms with Gasteiger partial charge < -0.3 is 10.8 Å². The van der Waals surface area contributed by atoms with E-state index in [0.29, 0.717) is 5.56 Å². The first-order valence-electron chi connectivity index (χ1n) is 4.19. The highest BCUT2D eigenvalue weighted by atomic mass is 32.2. The van der Waals surface area contributed by atoms with Crippen LogP contribution in [0, 0.1) is 6.92 Å². The van der Waals surface area contributed by atoms with E-state index in [1.165, 1.54) is 0 Å². The van der Waals surface area contributed by atoms with Gasteiger partial charge in [-0.05, 0) is 36.4 Å². The van der Waals surface area contributed by atoms with Crippen molar-refractivity contribution in [1.82, 2.24) is 0 Å². The van der Waals surface area contributed by atoms with Crippen LogP contribution in [0.2, 0.25) is 0 Å². The summed E-state index contributed by atoms with van der Waals surface area (Å²) in [5, 5.41) is 8.76. The van der Waals surface area contributed by atoms with Gasteiger partial charge in [0.15, 0.2) is 0 Å². The minimum absolute atomic E-state index is 0.676. The standard InChI is InChI=1S/C10H13NO2S/c1-6-5-7(14-2)3-4-8(6)9(11)10(12)13/h3-5,9H,11H2,1-2H3,(H,12,13). The minimum atomic E-state index is -0.995. The highest BCUT2D eigenvalue weighted by Crippen LogP contribution is 2.22. The normalized spacial score (nSPS) is 12.5. The van der Waals surface area contributed by atoms with Crippen LogP contribution in [0.3, 0.4) is 0 Å². The number of carboxylic acids is 1. The number of nitrogens with two attached hydrogens (primary N) is 1. The quantitative estimate of drug-likeness (QED) is 0.748. The lowest BCUT2D eigenvalue weighted by Gasteiger charge is -2.11. The third-order valence-electron chi connectivity index (χ3n) is 2.08. The molecule has 14 heavy (non-hydrogen) atoms. The van der Waals surface area contributed by atoms with E-state index in [0.717, 1.165) is 10.5 Å². The molecule has 0 bridgehead atoms. The Kier molecular flexibility index (Phi) is 3.55. The molecule has 1 unspecified atom stereocenters. The van der Waals surface area contributed by atoms with Gasteiger partial charge in [-0.25, -0.2) is 0 Å². The Bertz CT molecular complexity index is 352. The zero-order valence-corrected chi connectivity index (χ0v) is 8.97. The number of aryl methyl sites for hydroxylation is 1. The van der Waals surface area contributed by atoms with Crippen LogP contribution in [0.25, 0.3) is 0 Å². The van der Waals surface area contributed by atoms with Gasteiger partial charge in [0.1, 0.15) is 6.04 Å². The van der Waals surface area contributed by atoms with E-state index in [1.54, 1.807) is 17.8 Å². The zero-order chi connectivity index (χ0) is 10.7. The van der Waals surface area contributed by atoms with Gasteiger partial charge >= 0.3 is 5.97 Å². The van der Waals surface area contributed by atoms with Crippen LogP contribution in [0.15, 0.2) is 23.1 Å². The Balaban J connectivity index is 3.05. The number of benzene rings is 1. The summed E-state index contributed by atoms with van der Waals surface area (Å²) in [5.74, 6) is -0.995. The van der Waals surface area contributed by atoms with Gasteiger partial charge in [-0.1, -0.05) is 6.07 Å². The lowest BCUT2D eigenvalue weighted by Crippen LogP contribution is -2.21. The maximum atomic E-state index is 10.7. The van der Waals surface area contributed by atoms with Gasteiger partial charge in [0.25, 0.3) is 0 Å². The summed E-state index contributed by atoms with van der Waals surface area (Å²) < 4.78 is 0. The van der Waals surface area contributed by atoms with E-state index in [1.807, 2.05) is 25.3 Å². The first-order chi connectivity index (χ1) is 6.56. The number of rotatable bonds is 3. The van der Waals surface area contributed by atoms with Crippen molar-refractivity contribution in [2.75, 3.05) is 6.26 Å². The highest BCUT2D eigenvalue weighted by Gasteiger charge is 2.16. The second kappa shape index (κ2) is 4.48. The molecule has 1 rings (SSSR count). The van der Waals surface area contributed by atoms with Crippen LogP contribution < -0.4 is 5.73 Å². The van der Waals surface area contributed by atoms with Crippen molar-refractivity contribution in [3.63, 3.8) is 0 Å². The van der Waals surface area contributed by atoms with Crippen LogP contribution in [0.5, 0.6) is 0 Å². The molecular formula is C10H13NO2S. The van der Waals surface area contributed by atoms with Crippen LogP contribution in [0.4, 0.5) is 0 Å². The fraction of sp³-hybridized carbons (Fsp3) is 0.300. The van der Waals surface area contributed by atoms with Crippen molar-refractivity contribution in [2.24, 2.45) is 5.73 Å². The number of thioether (sulfide) groups is 1. The van der Waals surface area contributed by atoms with E-state index in [9.17, 15) is 4.79 Å². The predicted molar refractivity (Wildman–Crippen MR) is 57.5 cm³/mol.